The summed E-state index contributed by atoms with van der Waals surface area (Å²) in [7, 11) is 0. The maximum absolute atomic E-state index is 3.68. The Morgan fingerprint density at radius 3 is 2.00 bits per heavy atom. The van der Waals surface area contributed by atoms with Crippen molar-refractivity contribution in [3.8, 4) is 0 Å². The van der Waals surface area contributed by atoms with E-state index in [0.29, 0.717) is 0 Å². The molecule has 0 bridgehead atoms. The molecule has 1 heteroatoms. The van der Waals surface area contributed by atoms with Crippen LogP contribution in [0.3, 0.4) is 0 Å². The average molecular weight is 250 g/mol. The van der Waals surface area contributed by atoms with Gasteiger partial charge in [-0.25, -0.2) is 0 Å². The van der Waals surface area contributed by atoms with Crippen LogP contribution in [-0.2, 0) is 25.8 Å². The minimum absolute atomic E-state index is 0. The van der Waals surface area contributed by atoms with E-state index in [1.165, 1.54) is 12.8 Å². The van der Waals surface area contributed by atoms with Crippen molar-refractivity contribution in [3.05, 3.63) is 6.92 Å². The molecule has 0 saturated carbocycles. The van der Waals surface area contributed by atoms with Gasteiger partial charge in [0, 0.05) is 25.8 Å². The van der Waals surface area contributed by atoms with Crippen LogP contribution >= 0.6 is 0 Å². The molecule has 0 atom stereocenters. The van der Waals surface area contributed by atoms with Gasteiger partial charge < -0.3 is 6.92 Å². The van der Waals surface area contributed by atoms with E-state index in [1.807, 2.05) is 0 Å². The molecule has 6 heavy (non-hydrogen) atoms. The standard InChI is InChI=1S/C5H11.Hf/c1-3-5-4-2;/h1,3-5H2,2H3;/q-1;. The van der Waals surface area contributed by atoms with Crippen molar-refractivity contribution in [1.82, 2.24) is 0 Å². The Hall–Kier alpha value is 0.870. The second kappa shape index (κ2) is 9.30. The normalized spacial score (nSPS) is 7.00. The summed E-state index contributed by atoms with van der Waals surface area (Å²) in [6.45, 7) is 5.85. The molecule has 0 aliphatic heterocycles. The molecule has 0 heterocycles. The quantitative estimate of drug-likeness (QED) is 0.519. The molecule has 0 radical (unpaired) electrons. The van der Waals surface area contributed by atoms with Crippen LogP contribution in [0.5, 0.6) is 0 Å². The van der Waals surface area contributed by atoms with Crippen LogP contribution in [0.4, 0.5) is 0 Å². The molecule has 0 saturated heterocycles. The van der Waals surface area contributed by atoms with Crippen LogP contribution in [0.25, 0.3) is 0 Å². The third kappa shape index (κ3) is 8.85. The number of rotatable bonds is 2. The van der Waals surface area contributed by atoms with E-state index >= 15 is 0 Å². The first-order chi connectivity index (χ1) is 2.41. The molecule has 0 nitrogen and oxygen atoms in total. The van der Waals surface area contributed by atoms with Crippen molar-refractivity contribution < 1.29 is 25.8 Å². The summed E-state index contributed by atoms with van der Waals surface area (Å²) in [5.74, 6) is 0. The van der Waals surface area contributed by atoms with Crippen LogP contribution in [-0.4, -0.2) is 0 Å². The molecule has 0 N–H and O–H groups in total. The van der Waals surface area contributed by atoms with E-state index in [2.05, 4.69) is 13.8 Å². The van der Waals surface area contributed by atoms with E-state index in [0.717, 1.165) is 6.42 Å². The summed E-state index contributed by atoms with van der Waals surface area (Å²) >= 11 is 0. The van der Waals surface area contributed by atoms with E-state index in [9.17, 15) is 0 Å². The molecule has 0 amide bonds. The second-order valence-electron chi connectivity index (χ2n) is 1.21. The van der Waals surface area contributed by atoms with Gasteiger partial charge in [-0.3, -0.25) is 0 Å². The Morgan fingerprint density at radius 1 is 1.50 bits per heavy atom. The maximum Gasteiger partial charge on any atom is 0 e. The summed E-state index contributed by atoms with van der Waals surface area (Å²) < 4.78 is 0. The topological polar surface area (TPSA) is 0 Å². The molecule has 0 aromatic rings. The predicted octanol–water partition coefficient (Wildman–Crippen LogP) is 2.01. The molecule has 0 aromatic carbocycles. The van der Waals surface area contributed by atoms with Crippen molar-refractivity contribution >= 4 is 0 Å². The van der Waals surface area contributed by atoms with Gasteiger partial charge in [0.25, 0.3) is 0 Å². The van der Waals surface area contributed by atoms with Gasteiger partial charge in [0.1, 0.15) is 0 Å². The zero-order valence-electron chi connectivity index (χ0n) is 4.33. The Balaban J connectivity index is 0. The Bertz CT molecular complexity index is 11.4. The van der Waals surface area contributed by atoms with Crippen molar-refractivity contribution in [2.45, 2.75) is 26.2 Å². The van der Waals surface area contributed by atoms with Crippen molar-refractivity contribution in [3.63, 3.8) is 0 Å². The van der Waals surface area contributed by atoms with Gasteiger partial charge in [0.05, 0.1) is 0 Å². The SMILES string of the molecule is [CH2-]CCCC.[Hf]. The third-order valence-corrected chi connectivity index (χ3v) is 0.604. The number of unbranched alkanes of at least 4 members (excludes halogenated alkanes) is 2. The van der Waals surface area contributed by atoms with Gasteiger partial charge >= 0.3 is 0 Å². The molecule has 0 unspecified atom stereocenters. The van der Waals surface area contributed by atoms with Crippen LogP contribution in [0.15, 0.2) is 0 Å². The fraction of sp³-hybridized carbons (Fsp3) is 0.800. The smallest absolute Gasteiger partial charge is 0 e. The number of hydrogen-bond donors (Lipinski definition) is 0. The van der Waals surface area contributed by atoms with Gasteiger partial charge in [-0.1, -0.05) is 19.8 Å². The van der Waals surface area contributed by atoms with Crippen LogP contribution < -0.4 is 0 Å². The fourth-order valence-corrected chi connectivity index (χ4v) is 0.250. The van der Waals surface area contributed by atoms with Crippen LogP contribution in [0, 0.1) is 6.92 Å². The molecule has 0 fully saturated rings. The zero-order valence-corrected chi connectivity index (χ0v) is 7.92. The first kappa shape index (κ1) is 9.98. The van der Waals surface area contributed by atoms with Gasteiger partial charge in [-0.15, -0.1) is 0 Å². The average Bonchev–Trinajstić information content (AvgIpc) is 1.41. The zero-order chi connectivity index (χ0) is 4.12. The molecular weight excluding hydrogens is 239 g/mol. The Kier molecular flexibility index (Phi) is 15.5. The molecule has 0 aliphatic carbocycles. The van der Waals surface area contributed by atoms with Crippen molar-refractivity contribution in [1.29, 1.82) is 0 Å². The second-order valence-corrected chi connectivity index (χ2v) is 1.21. The minimum Gasteiger partial charge on any atom is -0.343 e. The van der Waals surface area contributed by atoms with E-state index in [4.69, 9.17) is 0 Å². The monoisotopic (exact) mass is 251 g/mol. The molecule has 0 rings (SSSR count). The first-order valence-electron chi connectivity index (χ1n) is 2.21. The van der Waals surface area contributed by atoms with Gasteiger partial charge in [0.15, 0.2) is 0 Å². The first-order valence-corrected chi connectivity index (χ1v) is 2.21. The molecule has 0 aliphatic rings. The maximum atomic E-state index is 3.68. The van der Waals surface area contributed by atoms with E-state index < -0.39 is 0 Å². The van der Waals surface area contributed by atoms with Crippen LogP contribution in [0.2, 0.25) is 0 Å². The Morgan fingerprint density at radius 2 is 2.00 bits per heavy atom. The Labute approximate surface area is 59.1 Å². The molecule has 0 spiro atoms. The van der Waals surface area contributed by atoms with E-state index in [1.54, 1.807) is 0 Å². The van der Waals surface area contributed by atoms with Gasteiger partial charge in [-0.05, 0) is 0 Å². The molecule has 36 valence electrons. The van der Waals surface area contributed by atoms with Crippen molar-refractivity contribution in [2.75, 3.05) is 0 Å². The molecular formula is C5H11Hf-. The van der Waals surface area contributed by atoms with Gasteiger partial charge in [0.2, 0.25) is 0 Å². The fourth-order valence-electron chi connectivity index (χ4n) is 0.250. The summed E-state index contributed by atoms with van der Waals surface area (Å²) in [6, 6.07) is 0. The summed E-state index contributed by atoms with van der Waals surface area (Å²) in [6.07, 6.45) is 3.65. The van der Waals surface area contributed by atoms with Crippen LogP contribution in [0.1, 0.15) is 26.2 Å². The summed E-state index contributed by atoms with van der Waals surface area (Å²) in [5.41, 5.74) is 0. The molecule has 0 aromatic heterocycles. The van der Waals surface area contributed by atoms with E-state index in [-0.39, 0.29) is 25.8 Å². The third-order valence-electron chi connectivity index (χ3n) is 0.604. The largest absolute Gasteiger partial charge is 0.343 e. The van der Waals surface area contributed by atoms with Crippen molar-refractivity contribution in [2.24, 2.45) is 0 Å². The summed E-state index contributed by atoms with van der Waals surface area (Å²) in [5, 5.41) is 0. The number of hydrogen-bond acceptors (Lipinski definition) is 0. The minimum atomic E-state index is 0. The summed E-state index contributed by atoms with van der Waals surface area (Å²) in [4.78, 5) is 0. The predicted molar refractivity (Wildman–Crippen MR) is 24.9 cm³/mol. The van der Waals surface area contributed by atoms with Gasteiger partial charge in [-0.2, -0.15) is 6.42 Å².